The van der Waals surface area contributed by atoms with Crippen molar-refractivity contribution in [3.63, 3.8) is 0 Å². The zero-order chi connectivity index (χ0) is 17.3. The maximum atomic E-state index is 13.9. The van der Waals surface area contributed by atoms with Crippen LogP contribution in [0.2, 0.25) is 0 Å². The number of hydrogen-bond donors (Lipinski definition) is 0. The summed E-state index contributed by atoms with van der Waals surface area (Å²) >= 11 is 0. The summed E-state index contributed by atoms with van der Waals surface area (Å²) in [7, 11) is -3.85. The monoisotopic (exact) mass is 350 g/mol. The summed E-state index contributed by atoms with van der Waals surface area (Å²) in [4.78, 5) is 10.1. The molecule has 2 aromatic carbocycles. The predicted molar refractivity (Wildman–Crippen MR) is 85.2 cm³/mol. The van der Waals surface area contributed by atoms with E-state index in [1.54, 1.807) is 18.2 Å². The average Bonchev–Trinajstić information content (AvgIpc) is 3.38. The number of nitrogens with zero attached hydrogens (tertiary/aromatic N) is 2. The Labute approximate surface area is 138 Å². The first-order valence-corrected chi connectivity index (χ1v) is 8.83. The second kappa shape index (κ2) is 6.29. The van der Waals surface area contributed by atoms with Gasteiger partial charge in [-0.3, -0.25) is 10.1 Å². The molecular weight excluding hydrogens is 335 g/mol. The lowest BCUT2D eigenvalue weighted by atomic mass is 10.2. The van der Waals surface area contributed by atoms with Gasteiger partial charge in [-0.1, -0.05) is 18.2 Å². The van der Waals surface area contributed by atoms with E-state index < -0.39 is 20.8 Å². The maximum absolute atomic E-state index is 13.9. The molecule has 0 saturated heterocycles. The van der Waals surface area contributed by atoms with Crippen molar-refractivity contribution in [2.75, 3.05) is 0 Å². The minimum atomic E-state index is -3.85. The lowest BCUT2D eigenvalue weighted by Crippen LogP contribution is -2.33. The van der Waals surface area contributed by atoms with E-state index in [1.807, 2.05) is 0 Å². The van der Waals surface area contributed by atoms with Crippen LogP contribution in [0.4, 0.5) is 10.1 Å². The van der Waals surface area contributed by atoms with E-state index in [-0.39, 0.29) is 23.2 Å². The summed E-state index contributed by atoms with van der Waals surface area (Å²) in [6.45, 7) is -0.0589. The number of nitro groups is 1. The van der Waals surface area contributed by atoms with E-state index in [0.29, 0.717) is 5.56 Å². The Morgan fingerprint density at radius 3 is 2.29 bits per heavy atom. The molecule has 0 N–H and O–H groups in total. The molecule has 24 heavy (non-hydrogen) atoms. The molecule has 2 aromatic rings. The molecule has 8 heteroatoms. The molecule has 126 valence electrons. The van der Waals surface area contributed by atoms with Gasteiger partial charge in [0.1, 0.15) is 5.82 Å². The highest BCUT2D eigenvalue weighted by Gasteiger charge is 2.38. The van der Waals surface area contributed by atoms with Crippen molar-refractivity contribution in [1.82, 2.24) is 4.31 Å². The number of sulfonamides is 1. The zero-order valence-corrected chi connectivity index (χ0v) is 13.4. The smallest absolute Gasteiger partial charge is 0.258 e. The lowest BCUT2D eigenvalue weighted by Gasteiger charge is -2.22. The summed E-state index contributed by atoms with van der Waals surface area (Å²) in [6, 6.07) is 10.6. The molecule has 0 bridgehead atoms. The van der Waals surface area contributed by atoms with E-state index >= 15 is 0 Å². The topological polar surface area (TPSA) is 80.5 Å². The molecular formula is C16H15FN2O4S. The molecule has 1 fully saturated rings. The lowest BCUT2D eigenvalue weighted by molar-refractivity contribution is -0.384. The second-order valence-electron chi connectivity index (χ2n) is 5.62. The van der Waals surface area contributed by atoms with E-state index in [2.05, 4.69) is 0 Å². The SMILES string of the molecule is O=[N+]([O-])c1ccc(S(=O)(=O)N(Cc2ccccc2F)C2CC2)cc1. The van der Waals surface area contributed by atoms with Crippen LogP contribution < -0.4 is 0 Å². The summed E-state index contributed by atoms with van der Waals surface area (Å²) in [5.41, 5.74) is 0.121. The molecule has 1 saturated carbocycles. The molecule has 0 aromatic heterocycles. The van der Waals surface area contributed by atoms with Crippen molar-refractivity contribution < 1.29 is 17.7 Å². The Kier molecular flexibility index (Phi) is 4.33. The standard InChI is InChI=1S/C16H15FN2O4S/c17-16-4-2-1-3-12(16)11-18(13-5-6-13)24(22,23)15-9-7-14(8-10-15)19(20)21/h1-4,7-10,13H,5-6,11H2. The first-order valence-electron chi connectivity index (χ1n) is 7.39. The third-order valence-electron chi connectivity index (χ3n) is 3.89. The Hall–Kier alpha value is -2.32. The average molecular weight is 350 g/mol. The number of nitro benzene ring substituents is 1. The Morgan fingerprint density at radius 1 is 1.12 bits per heavy atom. The zero-order valence-electron chi connectivity index (χ0n) is 12.6. The molecule has 6 nitrogen and oxygen atoms in total. The van der Waals surface area contributed by atoms with Gasteiger partial charge in [-0.15, -0.1) is 0 Å². The van der Waals surface area contributed by atoms with Crippen molar-refractivity contribution in [2.24, 2.45) is 0 Å². The summed E-state index contributed by atoms with van der Waals surface area (Å²) in [6.07, 6.45) is 1.45. The van der Waals surface area contributed by atoms with Gasteiger partial charge in [0.05, 0.1) is 9.82 Å². The van der Waals surface area contributed by atoms with Crippen LogP contribution in [0.1, 0.15) is 18.4 Å². The molecule has 0 unspecified atom stereocenters. The second-order valence-corrected chi connectivity index (χ2v) is 7.51. The van der Waals surface area contributed by atoms with Crippen LogP contribution in [-0.4, -0.2) is 23.7 Å². The molecule has 0 radical (unpaired) electrons. The fraction of sp³-hybridized carbons (Fsp3) is 0.250. The van der Waals surface area contributed by atoms with Crippen molar-refractivity contribution in [2.45, 2.75) is 30.3 Å². The van der Waals surface area contributed by atoms with Crippen molar-refractivity contribution >= 4 is 15.7 Å². The number of halogens is 1. The maximum Gasteiger partial charge on any atom is 0.269 e. The van der Waals surface area contributed by atoms with Gasteiger partial charge in [-0.05, 0) is 31.0 Å². The van der Waals surface area contributed by atoms with Gasteiger partial charge in [-0.2, -0.15) is 4.31 Å². The Bertz CT molecular complexity index is 864. The van der Waals surface area contributed by atoms with Gasteiger partial charge in [0.15, 0.2) is 0 Å². The normalized spacial score (nSPS) is 14.8. The molecule has 0 heterocycles. The summed E-state index contributed by atoms with van der Waals surface area (Å²) < 4.78 is 40.8. The quantitative estimate of drug-likeness (QED) is 0.592. The van der Waals surface area contributed by atoms with Gasteiger partial charge >= 0.3 is 0 Å². The predicted octanol–water partition coefficient (Wildman–Crippen LogP) is 3.09. The molecule has 0 amide bonds. The van der Waals surface area contributed by atoms with E-state index in [1.165, 1.54) is 22.5 Å². The Morgan fingerprint density at radius 2 is 1.75 bits per heavy atom. The highest BCUT2D eigenvalue weighted by Crippen LogP contribution is 2.34. The molecule has 3 rings (SSSR count). The highest BCUT2D eigenvalue weighted by atomic mass is 32.2. The molecule has 0 atom stereocenters. The first kappa shape index (κ1) is 16.5. The highest BCUT2D eigenvalue weighted by molar-refractivity contribution is 7.89. The van der Waals surface area contributed by atoms with Crippen molar-refractivity contribution in [3.05, 3.63) is 70.0 Å². The minimum absolute atomic E-state index is 0.0312. The van der Waals surface area contributed by atoms with E-state index in [0.717, 1.165) is 25.0 Å². The largest absolute Gasteiger partial charge is 0.269 e. The number of benzene rings is 2. The number of non-ortho nitro benzene ring substituents is 1. The minimum Gasteiger partial charge on any atom is -0.258 e. The van der Waals surface area contributed by atoms with Gasteiger partial charge in [0.2, 0.25) is 10.0 Å². The van der Waals surface area contributed by atoms with Gasteiger partial charge in [-0.25, -0.2) is 12.8 Å². The third kappa shape index (κ3) is 3.29. The van der Waals surface area contributed by atoms with Gasteiger partial charge in [0, 0.05) is 30.3 Å². The van der Waals surface area contributed by atoms with Crippen LogP contribution in [0.5, 0.6) is 0 Å². The number of rotatable bonds is 6. The Balaban J connectivity index is 1.92. The van der Waals surface area contributed by atoms with Crippen LogP contribution in [0.25, 0.3) is 0 Å². The van der Waals surface area contributed by atoms with Crippen LogP contribution in [-0.2, 0) is 16.6 Å². The van der Waals surface area contributed by atoms with Crippen molar-refractivity contribution in [3.8, 4) is 0 Å². The fourth-order valence-electron chi connectivity index (χ4n) is 2.44. The summed E-state index contributed by atoms with van der Waals surface area (Å²) in [5, 5.41) is 10.7. The summed E-state index contributed by atoms with van der Waals surface area (Å²) in [5.74, 6) is -0.456. The van der Waals surface area contributed by atoms with Crippen LogP contribution >= 0.6 is 0 Å². The fourth-order valence-corrected chi connectivity index (χ4v) is 4.11. The van der Waals surface area contributed by atoms with Crippen LogP contribution in [0, 0.1) is 15.9 Å². The first-order chi connectivity index (χ1) is 11.4. The van der Waals surface area contributed by atoms with Gasteiger partial charge in [0.25, 0.3) is 5.69 Å². The molecule has 0 aliphatic heterocycles. The van der Waals surface area contributed by atoms with Crippen LogP contribution in [0.15, 0.2) is 53.4 Å². The van der Waals surface area contributed by atoms with E-state index in [9.17, 15) is 22.9 Å². The van der Waals surface area contributed by atoms with Gasteiger partial charge < -0.3 is 0 Å². The third-order valence-corrected chi connectivity index (χ3v) is 5.80. The molecule has 0 spiro atoms. The van der Waals surface area contributed by atoms with Crippen molar-refractivity contribution in [1.29, 1.82) is 0 Å². The molecule has 1 aliphatic carbocycles. The van der Waals surface area contributed by atoms with E-state index in [4.69, 9.17) is 0 Å². The molecule has 1 aliphatic rings. The number of hydrogen-bond acceptors (Lipinski definition) is 4. The van der Waals surface area contributed by atoms with Crippen LogP contribution in [0.3, 0.4) is 0 Å².